The summed E-state index contributed by atoms with van der Waals surface area (Å²) in [5.41, 5.74) is 2.45. The smallest absolute Gasteiger partial charge is 0.356 e. The number of carboxylic acid groups (broad SMARTS) is 1. The Bertz CT molecular complexity index is 649. The van der Waals surface area contributed by atoms with Gasteiger partial charge in [-0.05, 0) is 17.7 Å². The van der Waals surface area contributed by atoms with Crippen LogP contribution in [0.5, 0.6) is 0 Å². The number of hydrogen-bond acceptors (Lipinski definition) is 3. The minimum Gasteiger partial charge on any atom is -0.476 e. The molecule has 104 valence electrons. The van der Waals surface area contributed by atoms with Crippen LogP contribution in [0.1, 0.15) is 27.3 Å². The maximum Gasteiger partial charge on any atom is 0.356 e. The first kappa shape index (κ1) is 12.8. The quantitative estimate of drug-likeness (QED) is 0.929. The van der Waals surface area contributed by atoms with E-state index in [-0.39, 0.29) is 18.1 Å². The lowest BCUT2D eigenvalue weighted by Gasteiger charge is -2.14. The number of aromatic carboxylic acids is 1. The molecule has 1 aromatic heterocycles. The molecular weight excluding hydrogens is 263 g/mol. The summed E-state index contributed by atoms with van der Waals surface area (Å²) < 4.78 is 19.9. The van der Waals surface area contributed by atoms with Gasteiger partial charge in [-0.2, -0.15) is 5.10 Å². The number of rotatable bonds is 3. The molecular formula is C14H13FN2O3. The minimum atomic E-state index is -1.05. The number of halogens is 1. The van der Waals surface area contributed by atoms with Crippen LogP contribution in [0.15, 0.2) is 24.3 Å². The Labute approximate surface area is 114 Å². The molecule has 0 fully saturated rings. The van der Waals surface area contributed by atoms with E-state index in [0.717, 1.165) is 11.3 Å². The molecule has 0 bridgehead atoms. The van der Waals surface area contributed by atoms with E-state index in [2.05, 4.69) is 5.10 Å². The number of carboxylic acids is 1. The number of ether oxygens (including phenoxy) is 1. The fourth-order valence-electron chi connectivity index (χ4n) is 2.37. The fraction of sp³-hybridized carbons (Fsp3) is 0.286. The molecule has 2 aromatic rings. The van der Waals surface area contributed by atoms with Gasteiger partial charge in [0.05, 0.1) is 19.8 Å². The predicted octanol–water partition coefficient (Wildman–Crippen LogP) is 1.84. The van der Waals surface area contributed by atoms with Gasteiger partial charge in [0.25, 0.3) is 0 Å². The summed E-state index contributed by atoms with van der Waals surface area (Å²) in [6.45, 7) is 1.26. The number of aromatic nitrogens is 2. The van der Waals surface area contributed by atoms with Crippen LogP contribution in [0, 0.1) is 5.82 Å². The molecule has 1 aromatic carbocycles. The number of carbonyl (C=O) groups is 1. The lowest BCUT2D eigenvalue weighted by molar-refractivity contribution is 0.0677. The molecule has 0 spiro atoms. The summed E-state index contributed by atoms with van der Waals surface area (Å²) in [5, 5.41) is 13.3. The van der Waals surface area contributed by atoms with Gasteiger partial charge >= 0.3 is 5.97 Å². The average Bonchev–Trinajstić information content (AvgIpc) is 2.81. The van der Waals surface area contributed by atoms with Gasteiger partial charge in [-0.3, -0.25) is 4.68 Å². The largest absolute Gasteiger partial charge is 0.476 e. The summed E-state index contributed by atoms with van der Waals surface area (Å²) in [7, 11) is 0. The van der Waals surface area contributed by atoms with Crippen LogP contribution < -0.4 is 0 Å². The van der Waals surface area contributed by atoms with Crippen LogP contribution >= 0.6 is 0 Å². The Balaban J connectivity index is 1.97. The van der Waals surface area contributed by atoms with E-state index in [0.29, 0.717) is 25.1 Å². The Kier molecular flexibility index (Phi) is 3.23. The Morgan fingerprint density at radius 2 is 2.15 bits per heavy atom. The highest BCUT2D eigenvalue weighted by molar-refractivity contribution is 5.87. The molecule has 5 nitrogen and oxygen atoms in total. The predicted molar refractivity (Wildman–Crippen MR) is 68.0 cm³/mol. The SMILES string of the molecule is O=C(O)c1nn(Cc2ccc(F)cc2)c2c1COCC2. The van der Waals surface area contributed by atoms with E-state index < -0.39 is 5.97 Å². The summed E-state index contributed by atoms with van der Waals surface area (Å²) in [6.07, 6.45) is 0.636. The third kappa shape index (κ3) is 2.30. The molecule has 0 saturated carbocycles. The van der Waals surface area contributed by atoms with Gasteiger partial charge < -0.3 is 9.84 Å². The second-order valence-corrected chi connectivity index (χ2v) is 4.67. The molecule has 0 unspecified atom stereocenters. The van der Waals surface area contributed by atoms with Gasteiger partial charge in [0.1, 0.15) is 5.82 Å². The van der Waals surface area contributed by atoms with Crippen molar-refractivity contribution in [2.45, 2.75) is 19.6 Å². The first-order valence-corrected chi connectivity index (χ1v) is 6.29. The van der Waals surface area contributed by atoms with Gasteiger partial charge in [0.2, 0.25) is 0 Å². The van der Waals surface area contributed by atoms with Gasteiger partial charge in [-0.1, -0.05) is 12.1 Å². The molecule has 0 saturated heterocycles. The highest BCUT2D eigenvalue weighted by Gasteiger charge is 2.25. The van der Waals surface area contributed by atoms with E-state index in [4.69, 9.17) is 4.74 Å². The summed E-state index contributed by atoms with van der Waals surface area (Å²) in [5.74, 6) is -1.35. The fourth-order valence-corrected chi connectivity index (χ4v) is 2.37. The van der Waals surface area contributed by atoms with Crippen LogP contribution in [0.25, 0.3) is 0 Å². The zero-order valence-corrected chi connectivity index (χ0v) is 10.7. The van der Waals surface area contributed by atoms with E-state index in [1.807, 2.05) is 0 Å². The molecule has 0 amide bonds. The van der Waals surface area contributed by atoms with E-state index in [1.54, 1.807) is 16.8 Å². The van der Waals surface area contributed by atoms with Crippen molar-refractivity contribution in [2.24, 2.45) is 0 Å². The first-order valence-electron chi connectivity index (χ1n) is 6.29. The number of benzene rings is 1. The molecule has 1 N–H and O–H groups in total. The van der Waals surface area contributed by atoms with Crippen LogP contribution in [-0.4, -0.2) is 27.5 Å². The van der Waals surface area contributed by atoms with Gasteiger partial charge in [-0.15, -0.1) is 0 Å². The van der Waals surface area contributed by atoms with Crippen LogP contribution in [-0.2, 0) is 24.3 Å². The topological polar surface area (TPSA) is 64.3 Å². The molecule has 0 aliphatic carbocycles. The Morgan fingerprint density at radius 1 is 1.40 bits per heavy atom. The maximum atomic E-state index is 12.9. The van der Waals surface area contributed by atoms with E-state index >= 15 is 0 Å². The third-order valence-corrected chi connectivity index (χ3v) is 3.34. The molecule has 1 aliphatic heterocycles. The third-order valence-electron chi connectivity index (χ3n) is 3.34. The van der Waals surface area contributed by atoms with Gasteiger partial charge in [-0.25, -0.2) is 9.18 Å². The highest BCUT2D eigenvalue weighted by atomic mass is 19.1. The standard InChI is InChI=1S/C14H13FN2O3/c15-10-3-1-9(2-4-10)7-17-12-5-6-20-8-11(12)13(16-17)14(18)19/h1-4H,5-8H2,(H,18,19). The van der Waals surface area contributed by atoms with Crippen molar-refractivity contribution < 1.29 is 19.0 Å². The molecule has 20 heavy (non-hydrogen) atoms. The molecule has 6 heteroatoms. The lowest BCUT2D eigenvalue weighted by Crippen LogP contribution is -2.14. The molecule has 2 heterocycles. The van der Waals surface area contributed by atoms with Crippen LogP contribution in [0.3, 0.4) is 0 Å². The second kappa shape index (κ2) is 5.05. The first-order chi connectivity index (χ1) is 9.65. The summed E-state index contributed by atoms with van der Waals surface area (Å²) in [6, 6.07) is 6.10. The van der Waals surface area contributed by atoms with Crippen molar-refractivity contribution in [1.29, 1.82) is 0 Å². The lowest BCUT2D eigenvalue weighted by atomic mass is 10.1. The van der Waals surface area contributed by atoms with Crippen molar-refractivity contribution in [3.8, 4) is 0 Å². The average molecular weight is 276 g/mol. The van der Waals surface area contributed by atoms with Crippen LogP contribution in [0.2, 0.25) is 0 Å². The number of nitrogens with zero attached hydrogens (tertiary/aromatic N) is 2. The normalized spacial score (nSPS) is 14.1. The zero-order valence-electron chi connectivity index (χ0n) is 10.7. The number of hydrogen-bond donors (Lipinski definition) is 1. The van der Waals surface area contributed by atoms with Crippen molar-refractivity contribution in [3.05, 3.63) is 52.6 Å². The van der Waals surface area contributed by atoms with E-state index in [9.17, 15) is 14.3 Å². The van der Waals surface area contributed by atoms with Crippen molar-refractivity contribution in [3.63, 3.8) is 0 Å². The van der Waals surface area contributed by atoms with Gasteiger partial charge in [0.15, 0.2) is 5.69 Å². The molecule has 3 rings (SSSR count). The van der Waals surface area contributed by atoms with Crippen molar-refractivity contribution in [1.82, 2.24) is 9.78 Å². The Hall–Kier alpha value is -2.21. The van der Waals surface area contributed by atoms with E-state index in [1.165, 1.54) is 12.1 Å². The van der Waals surface area contributed by atoms with Crippen LogP contribution in [0.4, 0.5) is 4.39 Å². The summed E-state index contributed by atoms with van der Waals surface area (Å²) >= 11 is 0. The molecule has 0 radical (unpaired) electrons. The zero-order chi connectivity index (χ0) is 14.1. The van der Waals surface area contributed by atoms with Crippen molar-refractivity contribution in [2.75, 3.05) is 6.61 Å². The second-order valence-electron chi connectivity index (χ2n) is 4.67. The Morgan fingerprint density at radius 3 is 2.85 bits per heavy atom. The minimum absolute atomic E-state index is 0.0433. The maximum absolute atomic E-state index is 12.9. The highest BCUT2D eigenvalue weighted by Crippen LogP contribution is 2.22. The monoisotopic (exact) mass is 276 g/mol. The molecule has 0 atom stereocenters. The van der Waals surface area contributed by atoms with Gasteiger partial charge in [0, 0.05) is 17.7 Å². The number of fused-ring (bicyclic) bond motifs is 1. The summed E-state index contributed by atoms with van der Waals surface area (Å²) in [4.78, 5) is 11.2. The molecule has 1 aliphatic rings. The van der Waals surface area contributed by atoms with Crippen molar-refractivity contribution >= 4 is 5.97 Å².